The van der Waals surface area contributed by atoms with Gasteiger partial charge in [0.2, 0.25) is 11.8 Å². The van der Waals surface area contributed by atoms with Crippen LogP contribution in [-0.2, 0) is 24.0 Å². The molecule has 5 amide bonds. The first-order valence-corrected chi connectivity index (χ1v) is 12.6. The zero-order valence-corrected chi connectivity index (χ0v) is 20.9. The van der Waals surface area contributed by atoms with Gasteiger partial charge in [0.1, 0.15) is 12.1 Å². The molecule has 208 valence electrons. The van der Waals surface area contributed by atoms with E-state index < -0.39 is 53.4 Å². The van der Waals surface area contributed by atoms with E-state index in [-0.39, 0.29) is 43.7 Å². The van der Waals surface area contributed by atoms with Crippen molar-refractivity contribution in [1.29, 1.82) is 0 Å². The number of hydrogen-bond acceptors (Lipinski definition) is 5. The van der Waals surface area contributed by atoms with Crippen LogP contribution in [0.25, 0.3) is 0 Å². The molecule has 0 aromatic rings. The lowest BCUT2D eigenvalue weighted by atomic mass is 9.93. The van der Waals surface area contributed by atoms with Gasteiger partial charge in [-0.3, -0.25) is 29.4 Å². The van der Waals surface area contributed by atoms with E-state index >= 15 is 0 Å². The predicted molar refractivity (Wildman–Crippen MR) is 121 cm³/mol. The van der Waals surface area contributed by atoms with Gasteiger partial charge < -0.3 is 15.5 Å². The fourth-order valence-electron chi connectivity index (χ4n) is 5.40. The van der Waals surface area contributed by atoms with Crippen molar-refractivity contribution in [2.24, 2.45) is 17.8 Å². The molecule has 3 fully saturated rings. The molecule has 0 aromatic heterocycles. The van der Waals surface area contributed by atoms with Crippen molar-refractivity contribution in [2.45, 2.75) is 69.3 Å². The summed E-state index contributed by atoms with van der Waals surface area (Å²) in [6.45, 7) is 1.71. The minimum absolute atomic E-state index is 0.0853. The average molecular weight is 556 g/mol. The Bertz CT molecular complexity index is 920. The summed E-state index contributed by atoms with van der Waals surface area (Å²) in [6.07, 6.45) is -2.64. The van der Waals surface area contributed by atoms with E-state index in [1.54, 1.807) is 12.2 Å². The molecule has 0 aromatic carbocycles. The number of nitrogens with zero attached hydrogens (tertiary/aromatic N) is 2. The normalized spacial score (nSPS) is 26.8. The van der Waals surface area contributed by atoms with Crippen molar-refractivity contribution in [2.75, 3.05) is 19.6 Å². The van der Waals surface area contributed by atoms with E-state index in [4.69, 9.17) is 11.6 Å². The van der Waals surface area contributed by atoms with E-state index in [1.807, 2.05) is 0 Å². The Balaban J connectivity index is 1.82. The highest BCUT2D eigenvalue weighted by Crippen LogP contribution is 2.42. The van der Waals surface area contributed by atoms with Gasteiger partial charge in [-0.1, -0.05) is 31.4 Å². The van der Waals surface area contributed by atoms with Gasteiger partial charge in [0.15, 0.2) is 0 Å². The first-order chi connectivity index (χ1) is 17.3. The second kappa shape index (κ2) is 11.8. The van der Waals surface area contributed by atoms with Crippen molar-refractivity contribution in [3.05, 3.63) is 0 Å². The number of hydrazine groups is 1. The maximum atomic E-state index is 13.7. The van der Waals surface area contributed by atoms with Crippen LogP contribution in [0.1, 0.15) is 45.4 Å². The molecule has 6 atom stereocenters. The van der Waals surface area contributed by atoms with E-state index in [2.05, 4.69) is 10.7 Å². The molecule has 1 aliphatic carbocycles. The molecule has 37 heavy (non-hydrogen) atoms. The molecular formula is C22H30ClF4N5O5. The number of alkyl halides is 5. The van der Waals surface area contributed by atoms with Crippen LogP contribution in [0, 0.1) is 17.8 Å². The molecule has 0 spiro atoms. The summed E-state index contributed by atoms with van der Waals surface area (Å²) in [6, 6.07) is -2.67. The SMILES string of the molecule is CCCC(NC(=O)C(F)(F)F)C(=O)N1C[C@@H]2CCC[C@@H]2[C@H]1C(=O)NN(C[C@@H]1CCNC1=O)C(=O)C(F)Cl. The standard InChI is InChI=1S/C22H30ClF4N5O5/c1-2-4-14(29-21(37)22(25,26)27)19(35)31-9-11-5-3-6-13(11)15(31)18(34)30-32(20(36)16(23)24)10-12-7-8-28-17(12)33/h11-16H,2-10H2,1H3,(H,28,33)(H,29,37)(H,30,34)/t11-,12-,13-,14?,15-,16?/m0/s1. The minimum atomic E-state index is -5.19. The summed E-state index contributed by atoms with van der Waals surface area (Å²) in [5.41, 5.74) is -0.203. The van der Waals surface area contributed by atoms with E-state index in [0.29, 0.717) is 30.8 Å². The van der Waals surface area contributed by atoms with Gasteiger partial charge in [0, 0.05) is 13.1 Å². The third-order valence-electron chi connectivity index (χ3n) is 7.14. The van der Waals surface area contributed by atoms with Gasteiger partial charge in [-0.25, -0.2) is 9.40 Å². The summed E-state index contributed by atoms with van der Waals surface area (Å²) in [7, 11) is 0. The smallest absolute Gasteiger partial charge is 0.356 e. The van der Waals surface area contributed by atoms with Crippen molar-refractivity contribution in [1.82, 2.24) is 26.0 Å². The number of carbonyl (C=O) groups is 5. The highest BCUT2D eigenvalue weighted by molar-refractivity contribution is 6.29. The van der Waals surface area contributed by atoms with Crippen molar-refractivity contribution in [3.8, 4) is 0 Å². The summed E-state index contributed by atoms with van der Waals surface area (Å²) < 4.78 is 52.3. The molecule has 0 bridgehead atoms. The number of likely N-dealkylation sites (tertiary alicyclic amines) is 1. The summed E-state index contributed by atoms with van der Waals surface area (Å²) in [5.74, 6) is -6.79. The van der Waals surface area contributed by atoms with E-state index in [9.17, 15) is 41.5 Å². The zero-order chi connectivity index (χ0) is 27.5. The van der Waals surface area contributed by atoms with Crippen LogP contribution < -0.4 is 16.1 Å². The van der Waals surface area contributed by atoms with Crippen molar-refractivity contribution < 1.29 is 41.5 Å². The lowest BCUT2D eigenvalue weighted by Crippen LogP contribution is -2.59. The number of amides is 5. The highest BCUT2D eigenvalue weighted by atomic mass is 35.5. The van der Waals surface area contributed by atoms with Crippen molar-refractivity contribution in [3.63, 3.8) is 0 Å². The number of rotatable bonds is 8. The molecule has 2 unspecified atom stereocenters. The lowest BCUT2D eigenvalue weighted by Gasteiger charge is -2.33. The van der Waals surface area contributed by atoms with Crippen LogP contribution in [-0.4, -0.2) is 83.0 Å². The Kier molecular flexibility index (Phi) is 9.24. The Labute approximate surface area is 215 Å². The Morgan fingerprint density at radius 2 is 1.92 bits per heavy atom. The Morgan fingerprint density at radius 3 is 2.49 bits per heavy atom. The lowest BCUT2D eigenvalue weighted by molar-refractivity contribution is -0.175. The summed E-state index contributed by atoms with van der Waals surface area (Å²) in [4.78, 5) is 63.8. The fraction of sp³-hybridized carbons (Fsp3) is 0.773. The molecule has 15 heteroatoms. The fourth-order valence-corrected chi connectivity index (χ4v) is 5.52. The molecule has 3 rings (SSSR count). The minimum Gasteiger partial charge on any atom is -0.356 e. The first kappa shape index (κ1) is 28.9. The first-order valence-electron chi connectivity index (χ1n) is 12.2. The van der Waals surface area contributed by atoms with Gasteiger partial charge in [-0.15, -0.1) is 0 Å². The second-order valence-corrected chi connectivity index (χ2v) is 9.99. The van der Waals surface area contributed by atoms with Gasteiger partial charge in [-0.2, -0.15) is 13.2 Å². The van der Waals surface area contributed by atoms with Crippen LogP contribution in [0.2, 0.25) is 0 Å². The topological polar surface area (TPSA) is 128 Å². The zero-order valence-electron chi connectivity index (χ0n) is 20.2. The molecule has 3 N–H and O–H groups in total. The monoisotopic (exact) mass is 555 g/mol. The Hall–Kier alpha value is -2.64. The van der Waals surface area contributed by atoms with E-state index in [1.165, 1.54) is 0 Å². The van der Waals surface area contributed by atoms with Gasteiger partial charge >= 0.3 is 12.1 Å². The molecule has 10 nitrogen and oxygen atoms in total. The average Bonchev–Trinajstić information content (AvgIpc) is 3.52. The van der Waals surface area contributed by atoms with Crippen molar-refractivity contribution >= 4 is 41.1 Å². The summed E-state index contributed by atoms with van der Waals surface area (Å²) in [5, 5.41) is 4.91. The van der Waals surface area contributed by atoms with Crippen LogP contribution in [0.5, 0.6) is 0 Å². The maximum Gasteiger partial charge on any atom is 0.471 e. The second-order valence-electron chi connectivity index (χ2n) is 9.60. The van der Waals surface area contributed by atoms with Crippen LogP contribution >= 0.6 is 11.6 Å². The molecule has 2 heterocycles. The van der Waals surface area contributed by atoms with Gasteiger partial charge in [0.25, 0.3) is 17.4 Å². The number of halogens is 5. The molecule has 1 saturated carbocycles. The Morgan fingerprint density at radius 1 is 1.22 bits per heavy atom. The molecule has 2 saturated heterocycles. The summed E-state index contributed by atoms with van der Waals surface area (Å²) >= 11 is 5.31. The maximum absolute atomic E-state index is 13.7. The largest absolute Gasteiger partial charge is 0.471 e. The number of nitrogens with one attached hydrogen (secondary N) is 3. The quantitative estimate of drug-likeness (QED) is 0.234. The molecule has 3 aliphatic rings. The van der Waals surface area contributed by atoms with Crippen LogP contribution in [0.3, 0.4) is 0 Å². The number of carbonyl (C=O) groups excluding carboxylic acids is 5. The third-order valence-corrected chi connectivity index (χ3v) is 7.33. The van der Waals surface area contributed by atoms with Crippen LogP contribution in [0.15, 0.2) is 0 Å². The molecule has 2 aliphatic heterocycles. The number of fused-ring (bicyclic) bond motifs is 1. The van der Waals surface area contributed by atoms with Gasteiger partial charge in [-0.05, 0) is 37.5 Å². The van der Waals surface area contributed by atoms with Gasteiger partial charge in [0.05, 0.1) is 12.5 Å². The predicted octanol–water partition coefficient (Wildman–Crippen LogP) is 0.991. The molecular weight excluding hydrogens is 526 g/mol. The third kappa shape index (κ3) is 6.63. The highest BCUT2D eigenvalue weighted by Gasteiger charge is 2.51. The molecule has 0 radical (unpaired) electrons. The van der Waals surface area contributed by atoms with Crippen LogP contribution in [0.4, 0.5) is 17.6 Å². The number of hydrogen-bond donors (Lipinski definition) is 3. The van der Waals surface area contributed by atoms with E-state index in [0.717, 1.165) is 11.3 Å².